The fourth-order valence-electron chi connectivity index (χ4n) is 3.19. The Labute approximate surface area is 157 Å². The molecule has 1 aromatic rings. The summed E-state index contributed by atoms with van der Waals surface area (Å²) in [4.78, 5) is 36.5. The number of carbonyl (C=O) groups excluding carboxylic acids is 2. The second-order valence-electron chi connectivity index (χ2n) is 6.49. The van der Waals surface area contributed by atoms with Gasteiger partial charge in [-0.05, 0) is 44.6 Å². The molecule has 1 aromatic heterocycles. The molecule has 6 nitrogen and oxygen atoms in total. The largest absolute Gasteiger partial charge is 0.481 e. The van der Waals surface area contributed by atoms with Crippen LogP contribution in [0.15, 0.2) is 0 Å². The maximum Gasteiger partial charge on any atom is 0.341 e. The van der Waals surface area contributed by atoms with Crippen LogP contribution in [0, 0.1) is 0 Å². The topological polar surface area (TPSA) is 92.7 Å². The van der Waals surface area contributed by atoms with Crippen LogP contribution in [-0.2, 0) is 27.2 Å². The molecule has 0 aliphatic heterocycles. The number of nitrogens with one attached hydrogen (secondary N) is 1. The van der Waals surface area contributed by atoms with E-state index in [0.717, 1.165) is 42.5 Å². The number of esters is 1. The Morgan fingerprint density at radius 2 is 1.77 bits per heavy atom. The zero-order valence-corrected chi connectivity index (χ0v) is 16.1. The first-order chi connectivity index (χ1) is 12.5. The number of amides is 1. The minimum Gasteiger partial charge on any atom is -0.481 e. The van der Waals surface area contributed by atoms with E-state index >= 15 is 0 Å². The van der Waals surface area contributed by atoms with Crippen molar-refractivity contribution in [2.75, 3.05) is 11.9 Å². The molecule has 2 rings (SSSR count). The van der Waals surface area contributed by atoms with Crippen molar-refractivity contribution in [3.63, 3.8) is 0 Å². The van der Waals surface area contributed by atoms with Gasteiger partial charge in [-0.3, -0.25) is 9.59 Å². The third kappa shape index (κ3) is 5.83. The van der Waals surface area contributed by atoms with Gasteiger partial charge in [0.15, 0.2) is 0 Å². The molecular weight excluding hydrogens is 354 g/mol. The van der Waals surface area contributed by atoms with Gasteiger partial charge in [-0.1, -0.05) is 19.3 Å². The highest BCUT2D eigenvalue weighted by molar-refractivity contribution is 7.17. The Kier molecular flexibility index (Phi) is 8.09. The SMILES string of the molecule is CCOC(=O)c1c(NC(=O)CCCC(=O)O)sc2c1CCCCCCC2. The molecule has 1 aliphatic rings. The average molecular weight is 381 g/mol. The minimum absolute atomic E-state index is 0.0426. The summed E-state index contributed by atoms with van der Waals surface area (Å²) in [5.74, 6) is -1.56. The van der Waals surface area contributed by atoms with Gasteiger partial charge in [-0.25, -0.2) is 4.79 Å². The van der Waals surface area contributed by atoms with Crippen molar-refractivity contribution >= 4 is 34.2 Å². The van der Waals surface area contributed by atoms with Crippen LogP contribution in [0.25, 0.3) is 0 Å². The summed E-state index contributed by atoms with van der Waals surface area (Å²) in [6.45, 7) is 2.05. The first kappa shape index (κ1) is 20.4. The molecule has 1 heterocycles. The number of carboxylic acids is 1. The molecule has 1 amide bonds. The van der Waals surface area contributed by atoms with Gasteiger partial charge in [0.1, 0.15) is 5.00 Å². The summed E-state index contributed by atoms with van der Waals surface area (Å²) in [6.07, 6.45) is 7.77. The number of aryl methyl sites for hydroxylation is 1. The van der Waals surface area contributed by atoms with Gasteiger partial charge in [0.25, 0.3) is 0 Å². The van der Waals surface area contributed by atoms with E-state index in [-0.39, 0.29) is 37.7 Å². The van der Waals surface area contributed by atoms with E-state index in [1.165, 1.54) is 24.2 Å². The van der Waals surface area contributed by atoms with Crippen molar-refractivity contribution < 1.29 is 24.2 Å². The molecule has 0 saturated heterocycles. The highest BCUT2D eigenvalue weighted by Gasteiger charge is 2.25. The van der Waals surface area contributed by atoms with Crippen LogP contribution < -0.4 is 5.32 Å². The molecule has 0 radical (unpaired) electrons. The average Bonchev–Trinajstić information content (AvgIpc) is 2.94. The van der Waals surface area contributed by atoms with Gasteiger partial charge in [0.2, 0.25) is 5.91 Å². The van der Waals surface area contributed by atoms with Crippen molar-refractivity contribution in [1.82, 2.24) is 0 Å². The Morgan fingerprint density at radius 1 is 1.08 bits per heavy atom. The second-order valence-corrected chi connectivity index (χ2v) is 7.60. The summed E-state index contributed by atoms with van der Waals surface area (Å²) in [7, 11) is 0. The maximum absolute atomic E-state index is 12.5. The van der Waals surface area contributed by atoms with Crippen molar-refractivity contribution in [3.8, 4) is 0 Å². The molecule has 0 fully saturated rings. The van der Waals surface area contributed by atoms with Crippen LogP contribution in [0.1, 0.15) is 79.1 Å². The third-order valence-corrected chi connectivity index (χ3v) is 5.66. The zero-order valence-electron chi connectivity index (χ0n) is 15.3. The maximum atomic E-state index is 12.5. The lowest BCUT2D eigenvalue weighted by molar-refractivity contribution is -0.137. The molecule has 0 saturated carbocycles. The first-order valence-electron chi connectivity index (χ1n) is 9.36. The number of carbonyl (C=O) groups is 3. The molecule has 26 heavy (non-hydrogen) atoms. The van der Waals surface area contributed by atoms with Crippen LogP contribution in [0.2, 0.25) is 0 Å². The number of aliphatic carboxylic acids is 1. The van der Waals surface area contributed by atoms with E-state index in [1.807, 2.05) is 0 Å². The molecular formula is C19H27NO5S. The number of carboxylic acid groups (broad SMARTS) is 1. The lowest BCUT2D eigenvalue weighted by Gasteiger charge is -2.09. The monoisotopic (exact) mass is 381 g/mol. The van der Waals surface area contributed by atoms with Crippen LogP contribution >= 0.6 is 11.3 Å². The van der Waals surface area contributed by atoms with E-state index in [4.69, 9.17) is 9.84 Å². The molecule has 0 unspecified atom stereocenters. The quantitative estimate of drug-likeness (QED) is 0.692. The van der Waals surface area contributed by atoms with Crippen LogP contribution in [0.3, 0.4) is 0 Å². The minimum atomic E-state index is -0.917. The second kappa shape index (κ2) is 10.3. The number of anilines is 1. The van der Waals surface area contributed by atoms with Crippen LogP contribution in [-0.4, -0.2) is 29.6 Å². The third-order valence-electron chi connectivity index (χ3n) is 4.45. The number of fused-ring (bicyclic) bond motifs is 1. The van der Waals surface area contributed by atoms with Gasteiger partial charge in [-0.2, -0.15) is 0 Å². The van der Waals surface area contributed by atoms with Gasteiger partial charge >= 0.3 is 11.9 Å². The Balaban J connectivity index is 2.21. The summed E-state index contributed by atoms with van der Waals surface area (Å²) >= 11 is 1.47. The molecule has 7 heteroatoms. The van der Waals surface area contributed by atoms with E-state index in [0.29, 0.717) is 10.6 Å². The lowest BCUT2D eigenvalue weighted by atomic mass is 10.0. The van der Waals surface area contributed by atoms with Gasteiger partial charge in [0.05, 0.1) is 12.2 Å². The summed E-state index contributed by atoms with van der Waals surface area (Å²) in [6, 6.07) is 0. The van der Waals surface area contributed by atoms with E-state index in [2.05, 4.69) is 5.32 Å². The highest BCUT2D eigenvalue weighted by atomic mass is 32.1. The predicted molar refractivity (Wildman–Crippen MR) is 101 cm³/mol. The number of ether oxygens (including phenoxy) is 1. The van der Waals surface area contributed by atoms with E-state index in [9.17, 15) is 14.4 Å². The highest BCUT2D eigenvalue weighted by Crippen LogP contribution is 2.37. The molecule has 1 aliphatic carbocycles. The predicted octanol–water partition coefficient (Wildman–Crippen LogP) is 4.17. The Morgan fingerprint density at radius 3 is 2.46 bits per heavy atom. The standard InChI is InChI=1S/C19H27NO5S/c1-2-25-19(24)17-13-9-6-4-3-5-7-10-14(13)26-18(17)20-15(21)11-8-12-16(22)23/h2-12H2,1H3,(H,20,21)(H,22,23). The molecule has 2 N–H and O–H groups in total. The normalized spacial score (nSPS) is 14.5. The number of rotatable bonds is 7. The summed E-state index contributed by atoms with van der Waals surface area (Å²) in [5.41, 5.74) is 1.52. The smallest absolute Gasteiger partial charge is 0.341 e. The van der Waals surface area contributed by atoms with Crippen molar-refractivity contribution in [2.24, 2.45) is 0 Å². The molecule has 144 valence electrons. The van der Waals surface area contributed by atoms with Crippen LogP contribution in [0.4, 0.5) is 5.00 Å². The number of thiophene rings is 1. The number of hydrogen-bond donors (Lipinski definition) is 2. The fraction of sp³-hybridized carbons (Fsp3) is 0.632. The molecule has 0 atom stereocenters. The fourth-order valence-corrected chi connectivity index (χ4v) is 4.49. The van der Waals surface area contributed by atoms with E-state index in [1.54, 1.807) is 6.92 Å². The Hall–Kier alpha value is -1.89. The number of hydrogen-bond acceptors (Lipinski definition) is 5. The summed E-state index contributed by atoms with van der Waals surface area (Å²) < 4.78 is 5.23. The molecule has 0 bridgehead atoms. The van der Waals surface area contributed by atoms with Gasteiger partial charge < -0.3 is 15.2 Å². The molecule has 0 spiro atoms. The Bertz CT molecular complexity index is 653. The van der Waals surface area contributed by atoms with Crippen molar-refractivity contribution in [2.45, 2.75) is 71.1 Å². The van der Waals surface area contributed by atoms with Crippen LogP contribution in [0.5, 0.6) is 0 Å². The zero-order chi connectivity index (χ0) is 18.9. The van der Waals surface area contributed by atoms with Gasteiger partial charge in [-0.15, -0.1) is 11.3 Å². The van der Waals surface area contributed by atoms with E-state index < -0.39 is 5.97 Å². The van der Waals surface area contributed by atoms with Gasteiger partial charge in [0, 0.05) is 17.7 Å². The molecule has 0 aromatic carbocycles. The summed E-state index contributed by atoms with van der Waals surface area (Å²) in [5, 5.41) is 12.1. The van der Waals surface area contributed by atoms with Crippen molar-refractivity contribution in [1.29, 1.82) is 0 Å². The first-order valence-corrected chi connectivity index (χ1v) is 10.2. The lowest BCUT2D eigenvalue weighted by Crippen LogP contribution is -2.15. The van der Waals surface area contributed by atoms with Crippen molar-refractivity contribution in [3.05, 3.63) is 16.0 Å².